The molecule has 0 spiro atoms. The Bertz CT molecular complexity index is 690. The van der Waals surface area contributed by atoms with Crippen molar-refractivity contribution in [3.63, 3.8) is 0 Å². The van der Waals surface area contributed by atoms with Crippen molar-refractivity contribution in [3.05, 3.63) is 42.0 Å². The van der Waals surface area contributed by atoms with Gasteiger partial charge in [-0.1, -0.05) is 6.07 Å². The molecule has 2 aromatic rings. The monoisotopic (exact) mass is 312 g/mol. The number of aromatic nitrogens is 3. The van der Waals surface area contributed by atoms with Crippen molar-refractivity contribution in [2.75, 3.05) is 18.4 Å². The van der Waals surface area contributed by atoms with Gasteiger partial charge in [0.1, 0.15) is 17.5 Å². The lowest BCUT2D eigenvalue weighted by Gasteiger charge is -2.23. The molecule has 1 aliphatic rings. The second-order valence-corrected chi connectivity index (χ2v) is 5.66. The van der Waals surface area contributed by atoms with E-state index in [-0.39, 0.29) is 18.5 Å². The summed E-state index contributed by atoms with van der Waals surface area (Å²) in [5.74, 6) is 1.82. The lowest BCUT2D eigenvalue weighted by atomic mass is 10.1. The Labute approximate surface area is 135 Å². The molecule has 0 bridgehead atoms. The molecule has 0 saturated carbocycles. The molecule has 3 rings (SSSR count). The average Bonchev–Trinajstić information content (AvgIpc) is 2.95. The first kappa shape index (κ1) is 15.4. The number of amides is 1. The third kappa shape index (κ3) is 3.81. The van der Waals surface area contributed by atoms with Gasteiger partial charge in [0.2, 0.25) is 5.91 Å². The third-order valence-corrected chi connectivity index (χ3v) is 3.84. The van der Waals surface area contributed by atoms with E-state index in [1.165, 1.54) is 0 Å². The zero-order chi connectivity index (χ0) is 16.2. The van der Waals surface area contributed by atoms with Gasteiger partial charge in [-0.3, -0.25) is 9.69 Å². The first-order valence-corrected chi connectivity index (χ1v) is 7.68. The van der Waals surface area contributed by atoms with Gasteiger partial charge in [-0.25, -0.2) is 15.0 Å². The van der Waals surface area contributed by atoms with Gasteiger partial charge in [0.05, 0.1) is 18.3 Å². The number of nitrogens with zero attached hydrogens (tertiary/aromatic N) is 4. The number of primary amides is 1. The standard InChI is InChI=1S/C16H20N6O/c1-11-19-12(13-5-4-8-22(13)10-14(17)23)9-16(20-11)21-15-6-2-3-7-18-15/h2-3,6-7,9,13H,4-5,8,10H2,1H3,(H2,17,23)(H,18,19,20,21). The van der Waals surface area contributed by atoms with Gasteiger partial charge in [-0.15, -0.1) is 0 Å². The normalized spacial score (nSPS) is 18.0. The molecule has 1 aliphatic heterocycles. The molecule has 3 N–H and O–H groups in total. The van der Waals surface area contributed by atoms with Crippen LogP contribution < -0.4 is 11.1 Å². The van der Waals surface area contributed by atoms with E-state index >= 15 is 0 Å². The minimum atomic E-state index is -0.311. The van der Waals surface area contributed by atoms with E-state index in [2.05, 4.69) is 25.2 Å². The minimum absolute atomic E-state index is 0.105. The van der Waals surface area contributed by atoms with Crippen molar-refractivity contribution in [3.8, 4) is 0 Å². The van der Waals surface area contributed by atoms with Crippen molar-refractivity contribution >= 4 is 17.5 Å². The first-order chi connectivity index (χ1) is 11.1. The van der Waals surface area contributed by atoms with Crippen LogP contribution in [0, 0.1) is 6.92 Å². The van der Waals surface area contributed by atoms with Crippen molar-refractivity contribution in [1.29, 1.82) is 0 Å². The summed E-state index contributed by atoms with van der Waals surface area (Å²) in [5.41, 5.74) is 6.25. The zero-order valence-corrected chi connectivity index (χ0v) is 13.1. The van der Waals surface area contributed by atoms with Gasteiger partial charge >= 0.3 is 0 Å². The summed E-state index contributed by atoms with van der Waals surface area (Å²) in [6.07, 6.45) is 3.72. The molecule has 1 fully saturated rings. The summed E-state index contributed by atoms with van der Waals surface area (Å²) in [6.45, 7) is 2.98. The number of carbonyl (C=O) groups excluding carboxylic acids is 1. The molecule has 1 amide bonds. The van der Waals surface area contributed by atoms with Gasteiger partial charge in [-0.05, 0) is 38.4 Å². The van der Waals surface area contributed by atoms with Crippen molar-refractivity contribution < 1.29 is 4.79 Å². The van der Waals surface area contributed by atoms with Gasteiger partial charge < -0.3 is 11.1 Å². The summed E-state index contributed by atoms with van der Waals surface area (Å²) in [4.78, 5) is 26.5. The van der Waals surface area contributed by atoms with Crippen molar-refractivity contribution in [1.82, 2.24) is 19.9 Å². The van der Waals surface area contributed by atoms with Crippen LogP contribution in [0.5, 0.6) is 0 Å². The minimum Gasteiger partial charge on any atom is -0.369 e. The highest BCUT2D eigenvalue weighted by Gasteiger charge is 2.28. The largest absolute Gasteiger partial charge is 0.369 e. The molecule has 120 valence electrons. The fourth-order valence-corrected chi connectivity index (χ4v) is 2.94. The van der Waals surface area contributed by atoms with Gasteiger partial charge in [0, 0.05) is 12.3 Å². The van der Waals surface area contributed by atoms with E-state index in [4.69, 9.17) is 5.73 Å². The number of carbonyl (C=O) groups is 1. The molecule has 23 heavy (non-hydrogen) atoms. The fraction of sp³-hybridized carbons (Fsp3) is 0.375. The molecule has 0 radical (unpaired) electrons. The number of nitrogens with two attached hydrogens (primary N) is 1. The molecule has 1 saturated heterocycles. The van der Waals surface area contributed by atoms with Crippen LogP contribution in [0.2, 0.25) is 0 Å². The number of anilines is 2. The first-order valence-electron chi connectivity index (χ1n) is 7.68. The average molecular weight is 312 g/mol. The molecule has 0 aromatic carbocycles. The Morgan fingerprint density at radius 1 is 1.39 bits per heavy atom. The lowest BCUT2D eigenvalue weighted by molar-refractivity contribution is -0.119. The van der Waals surface area contributed by atoms with E-state index in [0.717, 1.165) is 30.9 Å². The van der Waals surface area contributed by atoms with E-state index in [9.17, 15) is 4.79 Å². The molecule has 7 heteroatoms. The smallest absolute Gasteiger partial charge is 0.231 e. The van der Waals surface area contributed by atoms with Crippen LogP contribution in [0.4, 0.5) is 11.6 Å². The Morgan fingerprint density at radius 3 is 3.00 bits per heavy atom. The Kier molecular flexibility index (Phi) is 4.47. The second-order valence-electron chi connectivity index (χ2n) is 5.66. The summed E-state index contributed by atoms with van der Waals surface area (Å²) in [7, 11) is 0. The van der Waals surface area contributed by atoms with Crippen LogP contribution in [-0.2, 0) is 4.79 Å². The maximum Gasteiger partial charge on any atom is 0.231 e. The number of aryl methyl sites for hydroxylation is 1. The number of hydrogen-bond donors (Lipinski definition) is 2. The predicted octanol–water partition coefficient (Wildman–Crippen LogP) is 1.55. The fourth-order valence-electron chi connectivity index (χ4n) is 2.94. The molecular formula is C16H20N6O. The molecule has 3 heterocycles. The van der Waals surface area contributed by atoms with Gasteiger partial charge in [-0.2, -0.15) is 0 Å². The van der Waals surface area contributed by atoms with E-state index in [1.54, 1.807) is 6.20 Å². The van der Waals surface area contributed by atoms with Gasteiger partial charge in [0.25, 0.3) is 0 Å². The molecule has 1 unspecified atom stereocenters. The number of rotatable bonds is 5. The second kappa shape index (κ2) is 6.70. The highest BCUT2D eigenvalue weighted by molar-refractivity contribution is 5.76. The van der Waals surface area contributed by atoms with Crippen LogP contribution in [0.15, 0.2) is 30.5 Å². The van der Waals surface area contributed by atoms with Gasteiger partial charge in [0.15, 0.2) is 0 Å². The van der Waals surface area contributed by atoms with E-state index < -0.39 is 0 Å². The molecule has 7 nitrogen and oxygen atoms in total. The van der Waals surface area contributed by atoms with Crippen molar-refractivity contribution in [2.45, 2.75) is 25.8 Å². The highest BCUT2D eigenvalue weighted by Crippen LogP contribution is 2.31. The quantitative estimate of drug-likeness (QED) is 0.869. The number of likely N-dealkylation sites (tertiary alicyclic amines) is 1. The lowest BCUT2D eigenvalue weighted by Crippen LogP contribution is -2.33. The summed E-state index contributed by atoms with van der Waals surface area (Å²) >= 11 is 0. The number of nitrogens with one attached hydrogen (secondary N) is 1. The Balaban J connectivity index is 1.84. The maximum atomic E-state index is 11.2. The highest BCUT2D eigenvalue weighted by atomic mass is 16.1. The Hall–Kier alpha value is -2.54. The van der Waals surface area contributed by atoms with Crippen LogP contribution in [-0.4, -0.2) is 38.8 Å². The molecule has 1 atom stereocenters. The van der Waals surface area contributed by atoms with E-state index in [0.29, 0.717) is 11.6 Å². The Morgan fingerprint density at radius 2 is 2.26 bits per heavy atom. The SMILES string of the molecule is Cc1nc(Nc2ccccn2)cc(C2CCCN2CC(N)=O)n1. The molecule has 2 aromatic heterocycles. The molecular weight excluding hydrogens is 292 g/mol. The van der Waals surface area contributed by atoms with E-state index in [1.807, 2.05) is 31.2 Å². The summed E-state index contributed by atoms with van der Waals surface area (Å²) in [5, 5.41) is 3.19. The number of hydrogen-bond acceptors (Lipinski definition) is 6. The van der Waals surface area contributed by atoms with Crippen LogP contribution in [0.1, 0.15) is 30.4 Å². The summed E-state index contributed by atoms with van der Waals surface area (Å²) in [6, 6.07) is 7.68. The third-order valence-electron chi connectivity index (χ3n) is 3.84. The zero-order valence-electron chi connectivity index (χ0n) is 13.1. The number of pyridine rings is 1. The van der Waals surface area contributed by atoms with Crippen molar-refractivity contribution in [2.24, 2.45) is 5.73 Å². The van der Waals surface area contributed by atoms with Crippen LogP contribution in [0.25, 0.3) is 0 Å². The summed E-state index contributed by atoms with van der Waals surface area (Å²) < 4.78 is 0. The van der Waals surface area contributed by atoms with Crippen LogP contribution >= 0.6 is 0 Å². The topological polar surface area (TPSA) is 97.0 Å². The maximum absolute atomic E-state index is 11.2. The van der Waals surface area contributed by atoms with Crippen LogP contribution in [0.3, 0.4) is 0 Å². The molecule has 0 aliphatic carbocycles. The predicted molar refractivity (Wildman–Crippen MR) is 87.0 cm³/mol.